The summed E-state index contributed by atoms with van der Waals surface area (Å²) in [6, 6.07) is 0. The normalized spacial score (nSPS) is 17.0. The summed E-state index contributed by atoms with van der Waals surface area (Å²) in [5.41, 5.74) is 0. The number of anilines is 1. The summed E-state index contributed by atoms with van der Waals surface area (Å²) >= 11 is 0. The van der Waals surface area contributed by atoms with Crippen LogP contribution in [-0.2, 0) is 16.1 Å². The van der Waals surface area contributed by atoms with Crippen molar-refractivity contribution >= 4 is 11.8 Å². The number of rotatable bonds is 4. The molecule has 0 aliphatic carbocycles. The average molecular weight is 241 g/mol. The second kappa shape index (κ2) is 5.74. The molecule has 1 aromatic rings. The molecule has 0 unspecified atom stereocenters. The van der Waals surface area contributed by atoms with Crippen molar-refractivity contribution in [2.45, 2.75) is 13.5 Å². The molecule has 1 N–H and O–H groups in total. The predicted octanol–water partition coefficient (Wildman–Crippen LogP) is -0.747. The van der Waals surface area contributed by atoms with E-state index in [9.17, 15) is 4.79 Å². The molecular formula is C10H17N4O3+. The Morgan fingerprint density at radius 1 is 1.59 bits per heavy atom. The standard InChI is InChI=1S/C10H16N4O3/c1-9(15)11-10-8-14(12-17-10)3-2-13-4-6-16-7-5-13/h8H,2-7H2,1H3/p+1. The largest absolute Gasteiger partial charge is 0.379 e. The van der Waals surface area contributed by atoms with Crippen molar-refractivity contribution in [3.8, 4) is 0 Å². The van der Waals surface area contributed by atoms with Gasteiger partial charge in [-0.3, -0.25) is 19.5 Å². The van der Waals surface area contributed by atoms with Crippen LogP contribution in [0.15, 0.2) is 10.7 Å². The van der Waals surface area contributed by atoms with Crippen molar-refractivity contribution in [3.63, 3.8) is 0 Å². The molecule has 0 aromatic carbocycles. The van der Waals surface area contributed by atoms with Gasteiger partial charge in [-0.25, -0.2) is 0 Å². The summed E-state index contributed by atoms with van der Waals surface area (Å²) in [5.74, 6) is 0.209. The number of ether oxygens (including phenoxy) is 1. The van der Waals surface area contributed by atoms with Crippen molar-refractivity contribution in [3.05, 3.63) is 6.20 Å². The molecule has 1 aliphatic rings. The summed E-state index contributed by atoms with van der Waals surface area (Å²) in [7, 11) is 0. The van der Waals surface area contributed by atoms with Crippen LogP contribution >= 0.6 is 0 Å². The summed E-state index contributed by atoms with van der Waals surface area (Å²) in [6.45, 7) is 6.57. The second-order valence-electron chi connectivity index (χ2n) is 3.96. The van der Waals surface area contributed by atoms with Crippen molar-refractivity contribution in [1.29, 1.82) is 0 Å². The Bertz CT molecular complexity index is 373. The highest BCUT2D eigenvalue weighted by Gasteiger charge is 2.16. The molecule has 0 spiro atoms. The molecule has 1 aliphatic heterocycles. The molecular weight excluding hydrogens is 224 g/mol. The van der Waals surface area contributed by atoms with Crippen molar-refractivity contribution in [2.24, 2.45) is 0 Å². The molecule has 0 saturated carbocycles. The summed E-state index contributed by atoms with van der Waals surface area (Å²) < 4.78 is 11.9. The Balaban J connectivity index is 1.78. The van der Waals surface area contributed by atoms with E-state index in [1.165, 1.54) is 6.92 Å². The van der Waals surface area contributed by atoms with Gasteiger partial charge in [0.05, 0.1) is 19.8 Å². The Kier molecular flexibility index (Phi) is 4.05. The first kappa shape index (κ1) is 12.0. The van der Waals surface area contributed by atoms with E-state index in [2.05, 4.69) is 15.5 Å². The average Bonchev–Trinajstić information content (AvgIpc) is 2.75. The molecule has 2 rings (SSSR count). The maximum atomic E-state index is 10.8. The van der Waals surface area contributed by atoms with Gasteiger partial charge in [0.1, 0.15) is 0 Å². The van der Waals surface area contributed by atoms with Crippen LogP contribution < -0.4 is 10.00 Å². The van der Waals surface area contributed by atoms with E-state index in [0.29, 0.717) is 5.88 Å². The smallest absolute Gasteiger partial charge is 0.302 e. The van der Waals surface area contributed by atoms with E-state index < -0.39 is 0 Å². The monoisotopic (exact) mass is 241 g/mol. The van der Waals surface area contributed by atoms with Gasteiger partial charge >= 0.3 is 5.88 Å². The van der Waals surface area contributed by atoms with Crippen molar-refractivity contribution in [1.82, 2.24) is 10.2 Å². The lowest BCUT2D eigenvalue weighted by Crippen LogP contribution is -2.45. The van der Waals surface area contributed by atoms with Gasteiger partial charge in [0.25, 0.3) is 6.20 Å². The number of hydrogen-bond acceptors (Lipinski definition) is 5. The fourth-order valence-corrected chi connectivity index (χ4v) is 1.68. The predicted molar refractivity (Wildman–Crippen MR) is 58.3 cm³/mol. The van der Waals surface area contributed by atoms with Crippen LogP contribution in [0.3, 0.4) is 0 Å². The molecule has 1 saturated heterocycles. The molecule has 17 heavy (non-hydrogen) atoms. The van der Waals surface area contributed by atoms with Crippen LogP contribution in [0.1, 0.15) is 6.92 Å². The van der Waals surface area contributed by atoms with E-state index in [0.717, 1.165) is 39.4 Å². The van der Waals surface area contributed by atoms with Crippen LogP contribution in [0, 0.1) is 0 Å². The number of amides is 1. The summed E-state index contributed by atoms with van der Waals surface area (Å²) in [4.78, 5) is 13.1. The number of nitrogens with one attached hydrogen (secondary N) is 1. The minimum atomic E-state index is -0.165. The minimum absolute atomic E-state index is 0.165. The molecule has 0 radical (unpaired) electrons. The number of nitrogens with zero attached hydrogens (tertiary/aromatic N) is 3. The molecule has 0 atom stereocenters. The zero-order chi connectivity index (χ0) is 12.1. The topological polar surface area (TPSA) is 71.5 Å². The van der Waals surface area contributed by atoms with E-state index in [4.69, 9.17) is 9.26 Å². The fourth-order valence-electron chi connectivity index (χ4n) is 1.68. The molecule has 0 bridgehead atoms. The van der Waals surface area contributed by atoms with Crippen LogP contribution in [0.4, 0.5) is 5.88 Å². The summed E-state index contributed by atoms with van der Waals surface area (Å²) in [6.07, 6.45) is 1.68. The minimum Gasteiger partial charge on any atom is -0.379 e. The third-order valence-corrected chi connectivity index (χ3v) is 2.56. The van der Waals surface area contributed by atoms with Crippen LogP contribution in [0.25, 0.3) is 0 Å². The molecule has 1 amide bonds. The lowest BCUT2D eigenvalue weighted by Gasteiger charge is -2.24. The Labute approximate surface area is 99.3 Å². The molecule has 2 heterocycles. The first-order chi connectivity index (χ1) is 8.24. The number of hydrogen-bond donors (Lipinski definition) is 1. The molecule has 1 aromatic heterocycles. The Morgan fingerprint density at radius 2 is 2.35 bits per heavy atom. The van der Waals surface area contributed by atoms with Crippen molar-refractivity contribution in [2.75, 3.05) is 38.2 Å². The lowest BCUT2D eigenvalue weighted by molar-refractivity contribution is -0.761. The number of morpholine rings is 1. The van der Waals surface area contributed by atoms with Gasteiger partial charge in [-0.15, -0.1) is 0 Å². The summed E-state index contributed by atoms with van der Waals surface area (Å²) in [5, 5.41) is 6.36. The number of carbonyl (C=O) groups is 1. The van der Waals surface area contributed by atoms with E-state index >= 15 is 0 Å². The molecule has 94 valence electrons. The van der Waals surface area contributed by atoms with Crippen LogP contribution in [0.2, 0.25) is 0 Å². The van der Waals surface area contributed by atoms with Gasteiger partial charge < -0.3 is 4.74 Å². The highest BCUT2D eigenvalue weighted by Crippen LogP contribution is 2.00. The SMILES string of the molecule is CC(=O)Nc1c[n+](CCN2CCOCC2)no1. The first-order valence-corrected chi connectivity index (χ1v) is 5.68. The van der Waals surface area contributed by atoms with Gasteiger partial charge in [-0.2, -0.15) is 0 Å². The zero-order valence-corrected chi connectivity index (χ0v) is 9.89. The first-order valence-electron chi connectivity index (χ1n) is 5.68. The van der Waals surface area contributed by atoms with Crippen LogP contribution in [-0.4, -0.2) is 48.9 Å². The van der Waals surface area contributed by atoms with E-state index in [-0.39, 0.29) is 5.91 Å². The van der Waals surface area contributed by atoms with Gasteiger partial charge in [0.15, 0.2) is 6.54 Å². The van der Waals surface area contributed by atoms with Crippen molar-refractivity contribution < 1.29 is 18.7 Å². The molecule has 7 heteroatoms. The van der Waals surface area contributed by atoms with E-state index in [1.807, 2.05) is 0 Å². The number of aromatic nitrogens is 2. The quantitative estimate of drug-likeness (QED) is 0.702. The third-order valence-electron chi connectivity index (χ3n) is 2.56. The van der Waals surface area contributed by atoms with Gasteiger partial charge in [0.2, 0.25) is 11.2 Å². The fraction of sp³-hybridized carbons (Fsp3) is 0.700. The van der Waals surface area contributed by atoms with Gasteiger partial charge in [0, 0.05) is 20.0 Å². The Morgan fingerprint density at radius 3 is 3.06 bits per heavy atom. The third kappa shape index (κ3) is 3.79. The maximum Gasteiger partial charge on any atom is 0.302 e. The molecule has 7 nitrogen and oxygen atoms in total. The van der Waals surface area contributed by atoms with E-state index in [1.54, 1.807) is 10.9 Å². The number of carbonyl (C=O) groups excluding carboxylic acids is 1. The zero-order valence-electron chi connectivity index (χ0n) is 9.89. The van der Waals surface area contributed by atoms with Gasteiger partial charge in [-0.05, 0) is 4.68 Å². The Hall–Kier alpha value is -1.47. The molecule has 1 fully saturated rings. The highest BCUT2D eigenvalue weighted by molar-refractivity contribution is 5.86. The lowest BCUT2D eigenvalue weighted by atomic mass is 10.4. The van der Waals surface area contributed by atoms with Crippen LogP contribution in [0.5, 0.6) is 0 Å². The maximum absolute atomic E-state index is 10.8. The highest BCUT2D eigenvalue weighted by atomic mass is 16.5. The van der Waals surface area contributed by atoms with Gasteiger partial charge in [-0.1, -0.05) is 0 Å². The second-order valence-corrected chi connectivity index (χ2v) is 3.96.